The minimum Gasteiger partial charge on any atom is -0.497 e. The lowest BCUT2D eigenvalue weighted by Crippen LogP contribution is -2.36. The smallest absolute Gasteiger partial charge is 0.251 e. The minimum atomic E-state index is 0.0282. The highest BCUT2D eigenvalue weighted by atomic mass is 16.5. The average molecular weight is 379 g/mol. The second-order valence-electron chi connectivity index (χ2n) is 7.94. The standard InChI is InChI=1S/C24H30N2O2/c1-28-22-10-6-9-20(16-22)23(26-13-4-5-14-26)17-25-24(27)21-12-11-18-7-2-3-8-19(18)15-21/h6,9-12,15-16,23H,2-5,7-8,13-14,17H2,1H3,(H,25,27)/t23-/m1/s1. The number of likely N-dealkylation sites (tertiary alicyclic amines) is 1. The van der Waals surface area contributed by atoms with Crippen LogP contribution in [0.3, 0.4) is 0 Å². The first kappa shape index (κ1) is 19.0. The predicted octanol–water partition coefficient (Wildman–Crippen LogP) is 4.14. The van der Waals surface area contributed by atoms with Crippen molar-refractivity contribution in [2.75, 3.05) is 26.7 Å². The number of aryl methyl sites for hydroxylation is 2. The van der Waals surface area contributed by atoms with Gasteiger partial charge in [-0.05, 0) is 92.6 Å². The SMILES string of the molecule is COc1cccc([C@@H](CNC(=O)c2ccc3c(c2)CCCC3)N2CCCC2)c1. The van der Waals surface area contributed by atoms with Crippen molar-refractivity contribution in [1.29, 1.82) is 0 Å². The van der Waals surface area contributed by atoms with Crippen molar-refractivity contribution in [3.63, 3.8) is 0 Å². The molecule has 28 heavy (non-hydrogen) atoms. The molecule has 1 aliphatic heterocycles. The number of nitrogens with zero attached hydrogens (tertiary/aromatic N) is 1. The van der Waals surface area contributed by atoms with Crippen LogP contribution in [0.25, 0.3) is 0 Å². The zero-order valence-corrected chi connectivity index (χ0v) is 16.7. The zero-order chi connectivity index (χ0) is 19.3. The molecule has 4 heteroatoms. The third-order valence-electron chi connectivity index (χ3n) is 6.13. The molecule has 1 saturated heterocycles. The Labute approximate surface area is 167 Å². The van der Waals surface area contributed by atoms with Crippen molar-refractivity contribution < 1.29 is 9.53 Å². The highest BCUT2D eigenvalue weighted by Gasteiger charge is 2.24. The molecule has 1 atom stereocenters. The molecule has 1 aliphatic carbocycles. The fourth-order valence-electron chi connectivity index (χ4n) is 4.53. The van der Waals surface area contributed by atoms with Gasteiger partial charge in [0.05, 0.1) is 13.2 Å². The quantitative estimate of drug-likeness (QED) is 0.821. The molecule has 1 amide bonds. The summed E-state index contributed by atoms with van der Waals surface area (Å²) in [7, 11) is 1.70. The number of methoxy groups -OCH3 is 1. The van der Waals surface area contributed by atoms with Gasteiger partial charge in [-0.1, -0.05) is 18.2 Å². The van der Waals surface area contributed by atoms with Crippen molar-refractivity contribution in [3.05, 3.63) is 64.7 Å². The van der Waals surface area contributed by atoms with E-state index in [2.05, 4.69) is 34.5 Å². The van der Waals surface area contributed by atoms with Crippen LogP contribution in [0.5, 0.6) is 5.75 Å². The highest BCUT2D eigenvalue weighted by Crippen LogP contribution is 2.27. The van der Waals surface area contributed by atoms with Crippen molar-refractivity contribution in [3.8, 4) is 5.75 Å². The third-order valence-corrected chi connectivity index (χ3v) is 6.13. The number of hydrogen-bond donors (Lipinski definition) is 1. The Morgan fingerprint density at radius 3 is 2.61 bits per heavy atom. The number of amides is 1. The summed E-state index contributed by atoms with van der Waals surface area (Å²) < 4.78 is 5.41. The van der Waals surface area contributed by atoms with E-state index in [9.17, 15) is 4.79 Å². The first-order valence-electron chi connectivity index (χ1n) is 10.5. The van der Waals surface area contributed by atoms with Crippen LogP contribution in [-0.4, -0.2) is 37.6 Å². The number of nitrogens with one attached hydrogen (secondary N) is 1. The van der Waals surface area contributed by atoms with Gasteiger partial charge in [-0.15, -0.1) is 0 Å². The van der Waals surface area contributed by atoms with E-state index in [0.717, 1.165) is 37.2 Å². The maximum absolute atomic E-state index is 12.8. The van der Waals surface area contributed by atoms with E-state index in [-0.39, 0.29) is 11.9 Å². The molecule has 0 aromatic heterocycles. The van der Waals surface area contributed by atoms with E-state index >= 15 is 0 Å². The van der Waals surface area contributed by atoms with E-state index in [0.29, 0.717) is 6.54 Å². The fraction of sp³-hybridized carbons (Fsp3) is 0.458. The highest BCUT2D eigenvalue weighted by molar-refractivity contribution is 5.94. The molecule has 148 valence electrons. The molecule has 2 aliphatic rings. The van der Waals surface area contributed by atoms with Gasteiger partial charge in [-0.2, -0.15) is 0 Å². The summed E-state index contributed by atoms with van der Waals surface area (Å²) >= 11 is 0. The van der Waals surface area contributed by atoms with Gasteiger partial charge in [0.15, 0.2) is 0 Å². The Bertz CT molecular complexity index is 827. The second kappa shape index (κ2) is 8.78. The number of ether oxygens (including phenoxy) is 1. The number of hydrogen-bond acceptors (Lipinski definition) is 3. The maximum atomic E-state index is 12.8. The van der Waals surface area contributed by atoms with E-state index in [1.807, 2.05) is 18.2 Å². The van der Waals surface area contributed by atoms with Gasteiger partial charge in [0.25, 0.3) is 5.91 Å². The number of benzene rings is 2. The summed E-state index contributed by atoms with van der Waals surface area (Å²) in [6, 6.07) is 14.6. The molecule has 2 aromatic rings. The Morgan fingerprint density at radius 1 is 1.04 bits per heavy atom. The maximum Gasteiger partial charge on any atom is 0.251 e. The molecule has 1 fully saturated rings. The van der Waals surface area contributed by atoms with Gasteiger partial charge < -0.3 is 10.1 Å². The Kier molecular flexibility index (Phi) is 5.96. The third kappa shape index (κ3) is 4.22. The summed E-state index contributed by atoms with van der Waals surface area (Å²) in [5.74, 6) is 0.892. The van der Waals surface area contributed by atoms with Gasteiger partial charge in [0, 0.05) is 12.1 Å². The number of fused-ring (bicyclic) bond motifs is 1. The van der Waals surface area contributed by atoms with Crippen LogP contribution in [0.1, 0.15) is 58.8 Å². The van der Waals surface area contributed by atoms with Gasteiger partial charge in [0.2, 0.25) is 0 Å². The van der Waals surface area contributed by atoms with Crippen LogP contribution in [0.15, 0.2) is 42.5 Å². The van der Waals surface area contributed by atoms with Crippen LogP contribution in [0.2, 0.25) is 0 Å². The Morgan fingerprint density at radius 2 is 1.82 bits per heavy atom. The Hall–Kier alpha value is -2.33. The molecule has 4 nitrogen and oxygen atoms in total. The van der Waals surface area contributed by atoms with Crippen molar-refractivity contribution in [2.24, 2.45) is 0 Å². The van der Waals surface area contributed by atoms with Gasteiger partial charge in [-0.3, -0.25) is 9.69 Å². The second-order valence-corrected chi connectivity index (χ2v) is 7.94. The molecule has 0 bridgehead atoms. The van der Waals surface area contributed by atoms with Crippen molar-refractivity contribution >= 4 is 5.91 Å². The lowest BCUT2D eigenvalue weighted by molar-refractivity contribution is 0.0937. The van der Waals surface area contributed by atoms with Crippen LogP contribution in [0, 0.1) is 0 Å². The molecule has 0 radical (unpaired) electrons. The summed E-state index contributed by atoms with van der Waals surface area (Å²) in [6.45, 7) is 2.77. The molecule has 0 saturated carbocycles. The minimum absolute atomic E-state index is 0.0282. The van der Waals surface area contributed by atoms with Crippen molar-refractivity contribution in [2.45, 2.75) is 44.6 Å². The van der Waals surface area contributed by atoms with E-state index < -0.39 is 0 Å². The normalized spacial score (nSPS) is 17.8. The van der Waals surface area contributed by atoms with E-state index in [1.54, 1.807) is 7.11 Å². The number of carbonyl (C=O) groups excluding carboxylic acids is 1. The molecule has 2 aromatic carbocycles. The lowest BCUT2D eigenvalue weighted by Gasteiger charge is -2.28. The monoisotopic (exact) mass is 378 g/mol. The first-order valence-corrected chi connectivity index (χ1v) is 10.5. The topological polar surface area (TPSA) is 41.6 Å². The molecule has 4 rings (SSSR count). The van der Waals surface area contributed by atoms with Crippen LogP contribution in [-0.2, 0) is 12.8 Å². The van der Waals surface area contributed by atoms with Crippen LogP contribution >= 0.6 is 0 Å². The van der Waals surface area contributed by atoms with E-state index in [1.165, 1.54) is 42.4 Å². The molecule has 1 heterocycles. The molecular formula is C24H30N2O2. The summed E-state index contributed by atoms with van der Waals surface area (Å²) in [5.41, 5.74) is 4.75. The molecule has 0 unspecified atom stereocenters. The predicted molar refractivity (Wildman–Crippen MR) is 112 cm³/mol. The molecule has 1 N–H and O–H groups in total. The summed E-state index contributed by atoms with van der Waals surface area (Å²) in [6.07, 6.45) is 7.17. The number of carbonyl (C=O) groups is 1. The van der Waals surface area contributed by atoms with Gasteiger partial charge >= 0.3 is 0 Å². The van der Waals surface area contributed by atoms with Crippen LogP contribution in [0.4, 0.5) is 0 Å². The largest absolute Gasteiger partial charge is 0.497 e. The van der Waals surface area contributed by atoms with Gasteiger partial charge in [0.1, 0.15) is 5.75 Å². The van der Waals surface area contributed by atoms with Crippen molar-refractivity contribution in [1.82, 2.24) is 10.2 Å². The number of rotatable bonds is 6. The summed E-state index contributed by atoms with van der Waals surface area (Å²) in [5, 5.41) is 3.20. The Balaban J connectivity index is 1.48. The first-order chi connectivity index (χ1) is 13.7. The molecular weight excluding hydrogens is 348 g/mol. The van der Waals surface area contributed by atoms with E-state index in [4.69, 9.17) is 4.74 Å². The molecule has 0 spiro atoms. The van der Waals surface area contributed by atoms with Gasteiger partial charge in [-0.25, -0.2) is 0 Å². The van der Waals surface area contributed by atoms with Crippen LogP contribution < -0.4 is 10.1 Å². The fourth-order valence-corrected chi connectivity index (χ4v) is 4.53. The lowest BCUT2D eigenvalue weighted by atomic mass is 9.90. The average Bonchev–Trinajstić information content (AvgIpc) is 3.28. The summed E-state index contributed by atoms with van der Waals surface area (Å²) in [4.78, 5) is 15.3. The zero-order valence-electron chi connectivity index (χ0n) is 16.7.